The van der Waals surface area contributed by atoms with Crippen molar-refractivity contribution in [3.63, 3.8) is 0 Å². The molecule has 0 fully saturated rings. The highest BCUT2D eigenvalue weighted by Gasteiger charge is 2.12. The van der Waals surface area contributed by atoms with Crippen molar-refractivity contribution in [1.82, 2.24) is 5.32 Å². The van der Waals surface area contributed by atoms with Gasteiger partial charge < -0.3 is 10.4 Å². The van der Waals surface area contributed by atoms with Gasteiger partial charge in [0, 0.05) is 22.7 Å². The fourth-order valence-electron chi connectivity index (χ4n) is 2.16. The lowest BCUT2D eigenvalue weighted by molar-refractivity contribution is 0.0929. The number of carbonyl (C=O) groups is 1. The van der Waals surface area contributed by atoms with Crippen molar-refractivity contribution in [2.45, 2.75) is 25.8 Å². The zero-order valence-electron chi connectivity index (χ0n) is 11.4. The van der Waals surface area contributed by atoms with Crippen LogP contribution in [0.5, 0.6) is 0 Å². The topological polar surface area (TPSA) is 49.3 Å². The number of nitrogens with one attached hydrogen (secondary N) is 1. The molecular weight excluding hydrogens is 318 g/mol. The maximum atomic E-state index is 12.2. The minimum Gasteiger partial charge on any atom is -0.396 e. The third kappa shape index (κ3) is 3.58. The second-order valence-electron chi connectivity index (χ2n) is 4.80. The number of amides is 1. The molecule has 0 spiro atoms. The highest BCUT2D eigenvalue weighted by molar-refractivity contribution is 9.10. The molecule has 0 aliphatic carbocycles. The number of fused-ring (bicyclic) bond motifs is 1. The number of hydrogen-bond donors (Lipinski definition) is 2. The van der Waals surface area contributed by atoms with Gasteiger partial charge in [-0.2, -0.15) is 0 Å². The summed E-state index contributed by atoms with van der Waals surface area (Å²) in [4.78, 5) is 12.2. The molecule has 3 nitrogen and oxygen atoms in total. The zero-order chi connectivity index (χ0) is 14.5. The quantitative estimate of drug-likeness (QED) is 0.878. The van der Waals surface area contributed by atoms with Gasteiger partial charge >= 0.3 is 0 Å². The Labute approximate surface area is 127 Å². The van der Waals surface area contributed by atoms with E-state index < -0.39 is 0 Å². The molecular formula is C16H18BrNO2. The number of halogens is 1. The standard InChI is InChI=1S/C16H18BrNO2/c1-2-15(7-8-19)18-16(20)13-4-3-12-10-14(17)6-5-11(12)9-13/h3-6,9-10,15,19H,2,7-8H2,1H3,(H,18,20). The third-order valence-electron chi connectivity index (χ3n) is 3.37. The summed E-state index contributed by atoms with van der Waals surface area (Å²) >= 11 is 3.44. The van der Waals surface area contributed by atoms with Gasteiger partial charge in [-0.3, -0.25) is 4.79 Å². The van der Waals surface area contributed by atoms with Crippen LogP contribution < -0.4 is 5.32 Å². The summed E-state index contributed by atoms with van der Waals surface area (Å²) < 4.78 is 1.02. The van der Waals surface area contributed by atoms with Crippen LogP contribution in [-0.4, -0.2) is 23.7 Å². The molecule has 0 saturated carbocycles. The first-order valence-electron chi connectivity index (χ1n) is 6.75. The molecule has 0 aromatic heterocycles. The van der Waals surface area contributed by atoms with Crippen molar-refractivity contribution in [3.05, 3.63) is 46.4 Å². The Bertz CT molecular complexity index is 612. The largest absolute Gasteiger partial charge is 0.396 e. The molecule has 0 radical (unpaired) electrons. The van der Waals surface area contributed by atoms with E-state index in [2.05, 4.69) is 21.2 Å². The second kappa shape index (κ2) is 6.86. The van der Waals surface area contributed by atoms with E-state index in [9.17, 15) is 4.79 Å². The van der Waals surface area contributed by atoms with Gasteiger partial charge in [0.05, 0.1) is 0 Å². The van der Waals surface area contributed by atoms with E-state index in [0.29, 0.717) is 12.0 Å². The van der Waals surface area contributed by atoms with Crippen LogP contribution in [0.4, 0.5) is 0 Å². The van der Waals surface area contributed by atoms with Gasteiger partial charge in [0.1, 0.15) is 0 Å². The van der Waals surface area contributed by atoms with E-state index in [1.165, 1.54) is 0 Å². The van der Waals surface area contributed by atoms with Crippen LogP contribution in [0.25, 0.3) is 10.8 Å². The van der Waals surface area contributed by atoms with Crippen LogP contribution >= 0.6 is 15.9 Å². The van der Waals surface area contributed by atoms with E-state index in [4.69, 9.17) is 5.11 Å². The number of hydrogen-bond acceptors (Lipinski definition) is 2. The molecule has 0 heterocycles. The molecule has 1 atom stereocenters. The molecule has 0 bridgehead atoms. The van der Waals surface area contributed by atoms with E-state index in [1.54, 1.807) is 0 Å². The molecule has 20 heavy (non-hydrogen) atoms. The number of aliphatic hydroxyl groups excluding tert-OH is 1. The number of aliphatic hydroxyl groups is 1. The van der Waals surface area contributed by atoms with Crippen molar-refractivity contribution in [2.24, 2.45) is 0 Å². The van der Waals surface area contributed by atoms with Gasteiger partial charge in [0.25, 0.3) is 5.91 Å². The fourth-order valence-corrected chi connectivity index (χ4v) is 2.54. The van der Waals surface area contributed by atoms with Gasteiger partial charge in [-0.05, 0) is 47.9 Å². The molecule has 2 aromatic carbocycles. The van der Waals surface area contributed by atoms with Gasteiger partial charge in [-0.1, -0.05) is 35.0 Å². The summed E-state index contributed by atoms with van der Waals surface area (Å²) in [5, 5.41) is 14.0. The van der Waals surface area contributed by atoms with Gasteiger partial charge in [-0.15, -0.1) is 0 Å². The predicted molar refractivity (Wildman–Crippen MR) is 84.9 cm³/mol. The van der Waals surface area contributed by atoms with Crippen molar-refractivity contribution < 1.29 is 9.90 Å². The van der Waals surface area contributed by atoms with Crippen molar-refractivity contribution in [3.8, 4) is 0 Å². The van der Waals surface area contributed by atoms with E-state index in [1.807, 2.05) is 43.3 Å². The molecule has 0 aliphatic heterocycles. The highest BCUT2D eigenvalue weighted by Crippen LogP contribution is 2.21. The second-order valence-corrected chi connectivity index (χ2v) is 5.71. The number of benzene rings is 2. The van der Waals surface area contributed by atoms with E-state index in [-0.39, 0.29) is 18.6 Å². The van der Waals surface area contributed by atoms with Crippen LogP contribution in [0.15, 0.2) is 40.9 Å². The Balaban J connectivity index is 2.20. The summed E-state index contributed by atoms with van der Waals surface area (Å²) in [6.45, 7) is 2.09. The minimum atomic E-state index is -0.0879. The predicted octanol–water partition coefficient (Wildman–Crippen LogP) is 3.49. The van der Waals surface area contributed by atoms with Crippen molar-refractivity contribution >= 4 is 32.6 Å². The highest BCUT2D eigenvalue weighted by atomic mass is 79.9. The molecule has 0 aliphatic rings. The number of rotatable bonds is 5. The molecule has 2 aromatic rings. The van der Waals surface area contributed by atoms with Crippen LogP contribution in [0.1, 0.15) is 30.1 Å². The summed E-state index contributed by atoms with van der Waals surface area (Å²) in [6, 6.07) is 11.7. The van der Waals surface area contributed by atoms with Crippen molar-refractivity contribution in [1.29, 1.82) is 0 Å². The first-order chi connectivity index (χ1) is 9.63. The lowest BCUT2D eigenvalue weighted by Gasteiger charge is -2.15. The molecule has 0 saturated heterocycles. The summed E-state index contributed by atoms with van der Waals surface area (Å²) in [5.74, 6) is -0.0879. The summed E-state index contributed by atoms with van der Waals surface area (Å²) in [6.07, 6.45) is 1.40. The number of carbonyl (C=O) groups excluding carboxylic acids is 1. The SMILES string of the molecule is CCC(CCO)NC(=O)c1ccc2cc(Br)ccc2c1. The Hall–Kier alpha value is -1.39. The van der Waals surface area contributed by atoms with Crippen LogP contribution in [0.2, 0.25) is 0 Å². The lowest BCUT2D eigenvalue weighted by atomic mass is 10.1. The van der Waals surface area contributed by atoms with Gasteiger partial charge in [-0.25, -0.2) is 0 Å². The first-order valence-corrected chi connectivity index (χ1v) is 7.54. The lowest BCUT2D eigenvalue weighted by Crippen LogP contribution is -2.35. The molecule has 106 valence electrons. The normalized spacial score (nSPS) is 12.3. The Morgan fingerprint density at radius 3 is 2.65 bits per heavy atom. The van der Waals surface area contributed by atoms with Crippen molar-refractivity contribution in [2.75, 3.05) is 6.61 Å². The van der Waals surface area contributed by atoms with Crippen LogP contribution in [0, 0.1) is 0 Å². The average Bonchev–Trinajstić information content (AvgIpc) is 2.46. The molecule has 2 N–H and O–H groups in total. The Morgan fingerprint density at radius 1 is 1.25 bits per heavy atom. The summed E-state index contributed by atoms with van der Waals surface area (Å²) in [5.41, 5.74) is 0.649. The van der Waals surface area contributed by atoms with Gasteiger partial charge in [0.2, 0.25) is 0 Å². The molecule has 2 rings (SSSR count). The van der Waals surface area contributed by atoms with E-state index >= 15 is 0 Å². The van der Waals surface area contributed by atoms with E-state index in [0.717, 1.165) is 21.7 Å². The monoisotopic (exact) mass is 335 g/mol. The maximum Gasteiger partial charge on any atom is 0.251 e. The smallest absolute Gasteiger partial charge is 0.251 e. The molecule has 4 heteroatoms. The third-order valence-corrected chi connectivity index (χ3v) is 3.86. The Morgan fingerprint density at radius 2 is 1.95 bits per heavy atom. The fraction of sp³-hybridized carbons (Fsp3) is 0.312. The average molecular weight is 336 g/mol. The molecule has 1 amide bonds. The van der Waals surface area contributed by atoms with Crippen LogP contribution in [-0.2, 0) is 0 Å². The minimum absolute atomic E-state index is 0.0214. The zero-order valence-corrected chi connectivity index (χ0v) is 13.0. The molecule has 1 unspecified atom stereocenters. The maximum absolute atomic E-state index is 12.2. The summed E-state index contributed by atoms with van der Waals surface area (Å²) in [7, 11) is 0. The Kier molecular flexibility index (Phi) is 5.15. The van der Waals surface area contributed by atoms with Crippen LogP contribution in [0.3, 0.4) is 0 Å². The first kappa shape index (κ1) is 15.0. The van der Waals surface area contributed by atoms with Gasteiger partial charge in [0.15, 0.2) is 0 Å².